The van der Waals surface area contributed by atoms with Crippen molar-refractivity contribution >= 4 is 28.8 Å². The third-order valence-corrected chi connectivity index (χ3v) is 6.33. The molecule has 2 heterocycles. The molecule has 0 unspecified atom stereocenters. The summed E-state index contributed by atoms with van der Waals surface area (Å²) in [6, 6.07) is 16.5. The predicted octanol–water partition coefficient (Wildman–Crippen LogP) is 5.51. The number of hydrogen-bond donors (Lipinski definition) is 0. The number of benzene rings is 2. The zero-order valence-electron chi connectivity index (χ0n) is 16.3. The molecule has 4 aromatic rings. The molecule has 7 nitrogen and oxygen atoms in total. The van der Waals surface area contributed by atoms with Crippen molar-refractivity contribution in [2.45, 2.75) is 17.8 Å². The first-order chi connectivity index (χ1) is 14.6. The number of hydrogen-bond acceptors (Lipinski definition) is 7. The van der Waals surface area contributed by atoms with E-state index in [4.69, 9.17) is 4.74 Å². The molecule has 30 heavy (non-hydrogen) atoms. The third-order valence-electron chi connectivity index (χ3n) is 4.47. The second-order valence-electron chi connectivity index (χ2n) is 6.51. The molecule has 0 aliphatic heterocycles. The maximum Gasteiger partial charge on any atom is 0.269 e. The van der Waals surface area contributed by atoms with Gasteiger partial charge in [0.25, 0.3) is 5.69 Å². The number of rotatable bonds is 7. The predicted molar refractivity (Wildman–Crippen MR) is 119 cm³/mol. The Hall–Kier alpha value is -3.17. The van der Waals surface area contributed by atoms with E-state index in [2.05, 4.69) is 16.3 Å². The van der Waals surface area contributed by atoms with Crippen LogP contribution in [0, 0.1) is 17.0 Å². The van der Waals surface area contributed by atoms with Gasteiger partial charge in [0, 0.05) is 17.9 Å². The molecule has 4 rings (SSSR count). The Kier molecular flexibility index (Phi) is 5.82. The van der Waals surface area contributed by atoms with Crippen LogP contribution >= 0.6 is 23.1 Å². The number of thiophene rings is 1. The highest BCUT2D eigenvalue weighted by molar-refractivity contribution is 7.98. The van der Waals surface area contributed by atoms with Crippen LogP contribution in [0.15, 0.2) is 65.1 Å². The fourth-order valence-electron chi connectivity index (χ4n) is 2.98. The van der Waals surface area contributed by atoms with Crippen LogP contribution in [0.1, 0.15) is 11.1 Å². The van der Waals surface area contributed by atoms with Crippen molar-refractivity contribution in [3.8, 4) is 22.1 Å². The lowest BCUT2D eigenvalue weighted by molar-refractivity contribution is -0.384. The third kappa shape index (κ3) is 4.07. The molecule has 0 radical (unpaired) electrons. The van der Waals surface area contributed by atoms with Gasteiger partial charge < -0.3 is 4.74 Å². The summed E-state index contributed by atoms with van der Waals surface area (Å²) in [5.74, 6) is 2.09. The summed E-state index contributed by atoms with van der Waals surface area (Å²) in [6.07, 6.45) is 0. The Balaban J connectivity index is 1.72. The summed E-state index contributed by atoms with van der Waals surface area (Å²) >= 11 is 3.12. The van der Waals surface area contributed by atoms with Crippen LogP contribution in [0.5, 0.6) is 5.75 Å². The molecule has 0 N–H and O–H groups in total. The Morgan fingerprint density at radius 1 is 1.17 bits per heavy atom. The molecule has 0 amide bonds. The normalized spacial score (nSPS) is 10.9. The maximum atomic E-state index is 10.9. The van der Waals surface area contributed by atoms with E-state index < -0.39 is 4.92 Å². The Labute approximate surface area is 181 Å². The number of aryl methyl sites for hydroxylation is 1. The molecule has 0 aliphatic carbocycles. The van der Waals surface area contributed by atoms with Gasteiger partial charge in [0.1, 0.15) is 5.75 Å². The molecular formula is C21H18N4O3S2. The van der Waals surface area contributed by atoms with E-state index in [1.54, 1.807) is 30.6 Å². The van der Waals surface area contributed by atoms with Crippen LogP contribution in [0.3, 0.4) is 0 Å². The average molecular weight is 439 g/mol. The van der Waals surface area contributed by atoms with Crippen molar-refractivity contribution in [2.75, 3.05) is 7.11 Å². The minimum absolute atomic E-state index is 0.0800. The number of non-ortho nitro benzene ring substituents is 1. The minimum atomic E-state index is -0.398. The molecule has 2 aromatic carbocycles. The van der Waals surface area contributed by atoms with Gasteiger partial charge in [-0.1, -0.05) is 36.0 Å². The highest BCUT2D eigenvalue weighted by Gasteiger charge is 2.20. The van der Waals surface area contributed by atoms with E-state index in [1.807, 2.05) is 41.1 Å². The van der Waals surface area contributed by atoms with E-state index in [-0.39, 0.29) is 5.69 Å². The molecular weight excluding hydrogens is 420 g/mol. The van der Waals surface area contributed by atoms with Gasteiger partial charge in [-0.15, -0.1) is 21.5 Å². The van der Waals surface area contributed by atoms with Gasteiger partial charge >= 0.3 is 0 Å². The highest BCUT2D eigenvalue weighted by atomic mass is 32.2. The fourth-order valence-corrected chi connectivity index (χ4v) is 4.58. The standard InChI is InChI=1S/C21H18N4O3S2/c1-14-5-10-18(28-2)17(12-14)24-20(19-4-3-11-29-19)22-23-21(24)30-13-15-6-8-16(9-7-15)25(26)27/h3-12H,13H2,1-2H3. The first-order valence-electron chi connectivity index (χ1n) is 9.07. The molecule has 0 atom stereocenters. The number of methoxy groups -OCH3 is 1. The monoisotopic (exact) mass is 438 g/mol. The number of nitrogens with zero attached hydrogens (tertiary/aromatic N) is 4. The van der Waals surface area contributed by atoms with Gasteiger partial charge in [-0.05, 0) is 41.6 Å². The molecule has 0 spiro atoms. The molecule has 0 saturated carbocycles. The quantitative estimate of drug-likeness (QED) is 0.215. The smallest absolute Gasteiger partial charge is 0.269 e. The second-order valence-corrected chi connectivity index (χ2v) is 8.40. The summed E-state index contributed by atoms with van der Waals surface area (Å²) in [4.78, 5) is 11.5. The van der Waals surface area contributed by atoms with Crippen molar-refractivity contribution in [3.63, 3.8) is 0 Å². The van der Waals surface area contributed by atoms with Gasteiger partial charge in [-0.25, -0.2) is 0 Å². The Bertz CT molecular complexity index is 1170. The average Bonchev–Trinajstić information content (AvgIpc) is 3.42. The zero-order valence-corrected chi connectivity index (χ0v) is 17.9. The first kappa shape index (κ1) is 20.1. The number of nitro groups is 1. The van der Waals surface area contributed by atoms with Crippen LogP contribution in [-0.2, 0) is 5.75 Å². The van der Waals surface area contributed by atoms with Crippen molar-refractivity contribution in [1.82, 2.24) is 14.8 Å². The number of ether oxygens (including phenoxy) is 1. The van der Waals surface area contributed by atoms with Crippen LogP contribution in [0.4, 0.5) is 5.69 Å². The molecule has 0 fully saturated rings. The Morgan fingerprint density at radius 3 is 2.63 bits per heavy atom. The van der Waals surface area contributed by atoms with Gasteiger partial charge in [0.05, 0.1) is 22.6 Å². The van der Waals surface area contributed by atoms with E-state index >= 15 is 0 Å². The number of nitro benzene ring substituents is 1. The molecule has 2 aromatic heterocycles. The number of aromatic nitrogens is 3. The lowest BCUT2D eigenvalue weighted by Crippen LogP contribution is -2.02. The summed E-state index contributed by atoms with van der Waals surface area (Å²) in [5, 5.41) is 22.5. The topological polar surface area (TPSA) is 83.1 Å². The second kappa shape index (κ2) is 8.68. The lowest BCUT2D eigenvalue weighted by Gasteiger charge is -2.14. The molecule has 0 aliphatic rings. The molecule has 0 bridgehead atoms. The van der Waals surface area contributed by atoms with E-state index in [1.165, 1.54) is 23.9 Å². The SMILES string of the molecule is COc1ccc(C)cc1-n1c(SCc2ccc([N+](=O)[O-])cc2)nnc1-c1cccs1. The van der Waals surface area contributed by atoms with E-state index in [0.29, 0.717) is 5.75 Å². The van der Waals surface area contributed by atoms with Crippen LogP contribution < -0.4 is 4.74 Å². The number of thioether (sulfide) groups is 1. The van der Waals surface area contributed by atoms with Crippen molar-refractivity contribution in [1.29, 1.82) is 0 Å². The fraction of sp³-hybridized carbons (Fsp3) is 0.143. The zero-order chi connectivity index (χ0) is 21.1. The molecule has 152 valence electrons. The summed E-state index contributed by atoms with van der Waals surface area (Å²) in [5.41, 5.74) is 3.02. The van der Waals surface area contributed by atoms with Crippen LogP contribution in [-0.4, -0.2) is 26.8 Å². The maximum absolute atomic E-state index is 10.9. The summed E-state index contributed by atoms with van der Waals surface area (Å²) in [6.45, 7) is 2.03. The first-order valence-corrected chi connectivity index (χ1v) is 10.9. The highest BCUT2D eigenvalue weighted by Crippen LogP contribution is 2.35. The Morgan fingerprint density at radius 2 is 1.97 bits per heavy atom. The van der Waals surface area contributed by atoms with Gasteiger partial charge in [-0.2, -0.15) is 0 Å². The minimum Gasteiger partial charge on any atom is -0.495 e. The largest absolute Gasteiger partial charge is 0.495 e. The van der Waals surface area contributed by atoms with Crippen molar-refractivity contribution in [3.05, 3.63) is 81.2 Å². The van der Waals surface area contributed by atoms with Crippen molar-refractivity contribution < 1.29 is 9.66 Å². The molecule has 0 saturated heterocycles. The van der Waals surface area contributed by atoms with E-state index in [0.717, 1.165) is 38.4 Å². The van der Waals surface area contributed by atoms with Crippen LogP contribution in [0.25, 0.3) is 16.4 Å². The van der Waals surface area contributed by atoms with E-state index in [9.17, 15) is 10.1 Å². The lowest BCUT2D eigenvalue weighted by atomic mass is 10.2. The van der Waals surface area contributed by atoms with Crippen LogP contribution in [0.2, 0.25) is 0 Å². The summed E-state index contributed by atoms with van der Waals surface area (Å²) in [7, 11) is 1.65. The van der Waals surface area contributed by atoms with Crippen molar-refractivity contribution in [2.24, 2.45) is 0 Å². The molecule has 9 heteroatoms. The van der Waals surface area contributed by atoms with Gasteiger partial charge in [-0.3, -0.25) is 14.7 Å². The summed E-state index contributed by atoms with van der Waals surface area (Å²) < 4.78 is 7.61. The van der Waals surface area contributed by atoms with Gasteiger partial charge in [0.15, 0.2) is 11.0 Å². The van der Waals surface area contributed by atoms with Gasteiger partial charge in [0.2, 0.25) is 0 Å².